The van der Waals surface area contributed by atoms with Crippen LogP contribution in [0, 0.1) is 0 Å². The van der Waals surface area contributed by atoms with Gasteiger partial charge in [-0.25, -0.2) is 0 Å². The molecule has 0 aliphatic rings. The maximum Gasteiger partial charge on any atom is 0.147 e. The second-order valence-corrected chi connectivity index (χ2v) is 4.64. The van der Waals surface area contributed by atoms with Gasteiger partial charge in [-0.2, -0.15) is 5.48 Å². The highest BCUT2D eigenvalue weighted by molar-refractivity contribution is 5.26. The summed E-state index contributed by atoms with van der Waals surface area (Å²) in [5, 5.41) is 9.21. The Morgan fingerprint density at radius 2 is 1.74 bits per heavy atom. The van der Waals surface area contributed by atoms with Crippen LogP contribution in [0.5, 0.6) is 11.5 Å². The van der Waals surface area contributed by atoms with Gasteiger partial charge in [0.05, 0.1) is 0 Å². The fourth-order valence-electron chi connectivity index (χ4n) is 1.76. The van der Waals surface area contributed by atoms with Crippen molar-refractivity contribution in [2.24, 2.45) is 0 Å². The molecule has 0 fully saturated rings. The van der Waals surface area contributed by atoms with Gasteiger partial charge in [0, 0.05) is 6.04 Å². The third-order valence-electron chi connectivity index (χ3n) is 2.92. The van der Waals surface area contributed by atoms with Gasteiger partial charge in [0.1, 0.15) is 11.5 Å². The third kappa shape index (κ3) is 4.64. The van der Waals surface area contributed by atoms with Crippen LogP contribution in [0.1, 0.15) is 18.9 Å². The molecule has 0 aliphatic carbocycles. The van der Waals surface area contributed by atoms with Gasteiger partial charge in [-0.15, -0.1) is 0 Å². The zero-order valence-corrected chi connectivity index (χ0v) is 11.0. The van der Waals surface area contributed by atoms with Crippen LogP contribution in [0.3, 0.4) is 0 Å². The first-order chi connectivity index (χ1) is 9.24. The zero-order valence-electron chi connectivity index (χ0n) is 11.0. The Balaban J connectivity index is 1.72. The lowest BCUT2D eigenvalue weighted by Gasteiger charge is -2.14. The molecule has 0 spiro atoms. The Bertz CT molecular complexity index is 482. The van der Waals surface area contributed by atoms with Crippen molar-refractivity contribution in [3.05, 3.63) is 60.2 Å². The average molecular weight is 257 g/mol. The van der Waals surface area contributed by atoms with Crippen molar-refractivity contribution in [2.75, 3.05) is 0 Å². The Hall–Kier alpha value is -2.00. The third-order valence-corrected chi connectivity index (χ3v) is 2.92. The van der Waals surface area contributed by atoms with Crippen LogP contribution >= 0.6 is 0 Å². The van der Waals surface area contributed by atoms with Crippen LogP contribution in [0.4, 0.5) is 0 Å². The summed E-state index contributed by atoms with van der Waals surface area (Å²) in [6.45, 7) is 2.09. The molecular formula is C16H19NO2. The Labute approximate surface area is 113 Å². The van der Waals surface area contributed by atoms with Crippen LogP contribution < -0.4 is 10.3 Å². The predicted molar refractivity (Wildman–Crippen MR) is 76.1 cm³/mol. The number of nitrogens with one attached hydrogen (secondary N) is 1. The SMILES string of the molecule is CC(CCc1ccc(O)cc1)NOc1ccccc1. The summed E-state index contributed by atoms with van der Waals surface area (Å²) in [7, 11) is 0. The summed E-state index contributed by atoms with van der Waals surface area (Å²) in [6.07, 6.45) is 1.92. The number of hydroxylamine groups is 1. The number of rotatable bonds is 6. The molecule has 0 saturated heterocycles. The molecule has 1 unspecified atom stereocenters. The number of aromatic hydroxyl groups is 1. The van der Waals surface area contributed by atoms with Crippen LogP contribution in [-0.4, -0.2) is 11.1 Å². The van der Waals surface area contributed by atoms with Crippen molar-refractivity contribution >= 4 is 0 Å². The maximum absolute atomic E-state index is 9.21. The van der Waals surface area contributed by atoms with E-state index >= 15 is 0 Å². The van der Waals surface area contributed by atoms with E-state index in [1.807, 2.05) is 42.5 Å². The van der Waals surface area contributed by atoms with E-state index in [2.05, 4.69) is 12.4 Å². The van der Waals surface area contributed by atoms with Crippen molar-refractivity contribution in [3.8, 4) is 11.5 Å². The highest BCUT2D eigenvalue weighted by atomic mass is 16.6. The van der Waals surface area contributed by atoms with Crippen molar-refractivity contribution in [2.45, 2.75) is 25.8 Å². The van der Waals surface area contributed by atoms with E-state index in [1.165, 1.54) is 5.56 Å². The maximum atomic E-state index is 9.21. The standard InChI is InChI=1S/C16H19NO2/c1-13(17-19-16-5-3-2-4-6-16)7-8-14-9-11-15(18)12-10-14/h2-6,9-13,17-18H,7-8H2,1H3. The van der Waals surface area contributed by atoms with Crippen LogP contribution in [0.15, 0.2) is 54.6 Å². The molecule has 100 valence electrons. The van der Waals surface area contributed by atoms with Crippen molar-refractivity contribution in [1.29, 1.82) is 0 Å². The van der Waals surface area contributed by atoms with Crippen molar-refractivity contribution in [1.82, 2.24) is 5.48 Å². The summed E-state index contributed by atoms with van der Waals surface area (Å²) < 4.78 is 0. The molecular weight excluding hydrogens is 238 g/mol. The Morgan fingerprint density at radius 1 is 1.05 bits per heavy atom. The topological polar surface area (TPSA) is 41.5 Å². The Kier molecular flexibility index (Phi) is 4.81. The molecule has 0 aliphatic heterocycles. The second kappa shape index (κ2) is 6.81. The molecule has 2 aromatic carbocycles. The molecule has 2 N–H and O–H groups in total. The molecule has 0 radical (unpaired) electrons. The predicted octanol–water partition coefficient (Wildman–Crippen LogP) is 3.30. The van der Waals surface area contributed by atoms with E-state index in [9.17, 15) is 5.11 Å². The molecule has 3 nitrogen and oxygen atoms in total. The van der Waals surface area contributed by atoms with Crippen LogP contribution in [0.25, 0.3) is 0 Å². The van der Waals surface area contributed by atoms with E-state index < -0.39 is 0 Å². The smallest absolute Gasteiger partial charge is 0.147 e. The van der Waals surface area contributed by atoms with E-state index in [-0.39, 0.29) is 6.04 Å². The number of hydrogen-bond donors (Lipinski definition) is 2. The van der Waals surface area contributed by atoms with Crippen molar-refractivity contribution < 1.29 is 9.94 Å². The fourth-order valence-corrected chi connectivity index (χ4v) is 1.76. The molecule has 2 rings (SSSR count). The molecule has 0 saturated carbocycles. The van der Waals surface area contributed by atoms with Gasteiger partial charge >= 0.3 is 0 Å². The Morgan fingerprint density at radius 3 is 2.42 bits per heavy atom. The summed E-state index contributed by atoms with van der Waals surface area (Å²) in [6, 6.07) is 17.3. The summed E-state index contributed by atoms with van der Waals surface area (Å²) >= 11 is 0. The van der Waals surface area contributed by atoms with Gasteiger partial charge in [-0.3, -0.25) is 0 Å². The van der Waals surface area contributed by atoms with E-state index in [1.54, 1.807) is 12.1 Å². The minimum Gasteiger partial charge on any atom is -0.508 e. The highest BCUT2D eigenvalue weighted by Gasteiger charge is 2.03. The summed E-state index contributed by atoms with van der Waals surface area (Å²) in [5.74, 6) is 1.13. The van der Waals surface area contributed by atoms with Gasteiger partial charge in [0.25, 0.3) is 0 Å². The number of para-hydroxylation sites is 1. The second-order valence-electron chi connectivity index (χ2n) is 4.64. The van der Waals surface area contributed by atoms with E-state index in [4.69, 9.17) is 4.84 Å². The van der Waals surface area contributed by atoms with E-state index in [0.29, 0.717) is 5.75 Å². The largest absolute Gasteiger partial charge is 0.508 e. The van der Waals surface area contributed by atoms with Crippen LogP contribution in [-0.2, 0) is 6.42 Å². The summed E-state index contributed by atoms with van der Waals surface area (Å²) in [4.78, 5) is 5.49. The van der Waals surface area contributed by atoms with Gasteiger partial charge in [-0.05, 0) is 49.6 Å². The quantitative estimate of drug-likeness (QED) is 0.780. The number of aryl methyl sites for hydroxylation is 1. The average Bonchev–Trinajstić information content (AvgIpc) is 2.45. The number of phenols is 1. The minimum atomic E-state index is 0.258. The van der Waals surface area contributed by atoms with Gasteiger partial charge in [0.2, 0.25) is 0 Å². The first-order valence-corrected chi connectivity index (χ1v) is 6.49. The number of benzene rings is 2. The molecule has 0 heterocycles. The lowest BCUT2D eigenvalue weighted by molar-refractivity contribution is 0.157. The molecule has 0 amide bonds. The lowest BCUT2D eigenvalue weighted by atomic mass is 10.1. The number of phenolic OH excluding ortho intramolecular Hbond substituents is 1. The molecule has 0 aromatic heterocycles. The van der Waals surface area contributed by atoms with Crippen molar-refractivity contribution in [3.63, 3.8) is 0 Å². The summed E-state index contributed by atoms with van der Waals surface area (Å²) in [5.41, 5.74) is 4.25. The molecule has 1 atom stereocenters. The minimum absolute atomic E-state index is 0.258. The van der Waals surface area contributed by atoms with Gasteiger partial charge in [0.15, 0.2) is 0 Å². The lowest BCUT2D eigenvalue weighted by Crippen LogP contribution is -2.29. The molecule has 0 bridgehead atoms. The first kappa shape index (κ1) is 13.4. The van der Waals surface area contributed by atoms with Crippen LogP contribution in [0.2, 0.25) is 0 Å². The number of hydrogen-bond acceptors (Lipinski definition) is 3. The highest BCUT2D eigenvalue weighted by Crippen LogP contribution is 2.12. The fraction of sp³-hybridized carbons (Fsp3) is 0.250. The van der Waals surface area contributed by atoms with E-state index in [0.717, 1.165) is 18.6 Å². The normalized spacial score (nSPS) is 12.1. The molecule has 3 heteroatoms. The zero-order chi connectivity index (χ0) is 13.5. The molecule has 2 aromatic rings. The van der Waals surface area contributed by atoms with Gasteiger partial charge in [-0.1, -0.05) is 30.3 Å². The monoisotopic (exact) mass is 257 g/mol. The first-order valence-electron chi connectivity index (χ1n) is 6.49. The van der Waals surface area contributed by atoms with Gasteiger partial charge < -0.3 is 9.94 Å². The molecule has 19 heavy (non-hydrogen) atoms.